The van der Waals surface area contributed by atoms with Crippen molar-refractivity contribution in [2.24, 2.45) is 5.41 Å². The summed E-state index contributed by atoms with van der Waals surface area (Å²) in [7, 11) is 0. The molecule has 2 heterocycles. The second-order valence-electron chi connectivity index (χ2n) is 10.4. The Kier molecular flexibility index (Phi) is 7.99. The maximum absolute atomic E-state index is 13.5. The highest BCUT2D eigenvalue weighted by Crippen LogP contribution is 2.31. The van der Waals surface area contributed by atoms with Gasteiger partial charge in [0, 0.05) is 41.0 Å². The predicted octanol–water partition coefficient (Wildman–Crippen LogP) is 5.00. The standard InChI is InChI=1S/C30H31N5O5/c1-5-40-24-11-10-22(21-8-6-18(15-23(21)29(38)39)27(36)33-16-30(2,3)4)25(35-24)28(37)34-19-7-9-20-17(14-19)12-13-32-26(20)31/h6-15H,5,16H2,1-4H3,(H2,31,32)(H,33,36)(H,34,37)(H,38,39). The van der Waals surface area contributed by atoms with Gasteiger partial charge in [-0.05, 0) is 65.8 Å². The molecule has 0 saturated heterocycles. The van der Waals surface area contributed by atoms with Gasteiger partial charge in [0.1, 0.15) is 11.5 Å². The number of carbonyl (C=O) groups is 3. The van der Waals surface area contributed by atoms with Crippen molar-refractivity contribution in [1.82, 2.24) is 15.3 Å². The third-order valence-corrected chi connectivity index (χ3v) is 6.01. The molecule has 2 amide bonds. The van der Waals surface area contributed by atoms with Crippen molar-refractivity contribution < 1.29 is 24.2 Å². The predicted molar refractivity (Wildman–Crippen MR) is 154 cm³/mol. The molecule has 0 spiro atoms. The first-order valence-electron chi connectivity index (χ1n) is 12.7. The number of carboxylic acid groups (broad SMARTS) is 1. The molecule has 10 nitrogen and oxygen atoms in total. The van der Waals surface area contributed by atoms with Gasteiger partial charge in [-0.15, -0.1) is 0 Å². The summed E-state index contributed by atoms with van der Waals surface area (Å²) in [5, 5.41) is 17.2. The highest BCUT2D eigenvalue weighted by Gasteiger charge is 2.23. The Hall–Kier alpha value is -4.99. The summed E-state index contributed by atoms with van der Waals surface area (Å²) >= 11 is 0. The van der Waals surface area contributed by atoms with Crippen LogP contribution in [0.25, 0.3) is 21.9 Å². The molecule has 40 heavy (non-hydrogen) atoms. The number of nitrogens with zero attached hydrogens (tertiary/aromatic N) is 2. The average molecular weight is 542 g/mol. The molecule has 2 aromatic heterocycles. The average Bonchev–Trinajstić information content (AvgIpc) is 2.91. The molecule has 0 unspecified atom stereocenters. The molecule has 0 bridgehead atoms. The summed E-state index contributed by atoms with van der Waals surface area (Å²) < 4.78 is 5.51. The third-order valence-electron chi connectivity index (χ3n) is 6.01. The van der Waals surface area contributed by atoms with Gasteiger partial charge in [-0.1, -0.05) is 26.8 Å². The zero-order valence-electron chi connectivity index (χ0n) is 22.7. The van der Waals surface area contributed by atoms with Crippen LogP contribution in [-0.2, 0) is 0 Å². The summed E-state index contributed by atoms with van der Waals surface area (Å²) in [4.78, 5) is 47.0. The quantitative estimate of drug-likeness (QED) is 0.243. The Morgan fingerprint density at radius 1 is 0.975 bits per heavy atom. The van der Waals surface area contributed by atoms with E-state index < -0.39 is 11.9 Å². The zero-order chi connectivity index (χ0) is 29.0. The van der Waals surface area contributed by atoms with Crippen molar-refractivity contribution in [1.29, 1.82) is 0 Å². The second-order valence-corrected chi connectivity index (χ2v) is 10.4. The maximum Gasteiger partial charge on any atom is 0.336 e. The number of anilines is 2. The van der Waals surface area contributed by atoms with Gasteiger partial charge in [-0.2, -0.15) is 0 Å². The molecule has 0 radical (unpaired) electrons. The molecule has 0 aliphatic heterocycles. The highest BCUT2D eigenvalue weighted by atomic mass is 16.5. The van der Waals surface area contributed by atoms with Gasteiger partial charge in [0.2, 0.25) is 5.88 Å². The number of carbonyl (C=O) groups excluding carboxylic acids is 2. The number of hydrogen-bond acceptors (Lipinski definition) is 7. The molecule has 10 heteroatoms. The molecule has 0 fully saturated rings. The fraction of sp³-hybridized carbons (Fsp3) is 0.233. The number of benzene rings is 2. The van der Waals surface area contributed by atoms with Gasteiger partial charge >= 0.3 is 5.97 Å². The number of aromatic carboxylic acids is 1. The number of nitrogen functional groups attached to an aromatic ring is 1. The minimum Gasteiger partial charge on any atom is -0.478 e. The van der Waals surface area contributed by atoms with Gasteiger partial charge in [0.05, 0.1) is 12.2 Å². The normalized spacial score (nSPS) is 11.2. The molecule has 0 aliphatic rings. The van der Waals surface area contributed by atoms with Crippen molar-refractivity contribution in [3.8, 4) is 17.0 Å². The van der Waals surface area contributed by atoms with Crippen LogP contribution in [0.5, 0.6) is 5.88 Å². The van der Waals surface area contributed by atoms with Crippen LogP contribution in [0.3, 0.4) is 0 Å². The van der Waals surface area contributed by atoms with E-state index in [2.05, 4.69) is 20.6 Å². The van der Waals surface area contributed by atoms with Crippen molar-refractivity contribution in [2.75, 3.05) is 24.2 Å². The van der Waals surface area contributed by atoms with Crippen LogP contribution in [0, 0.1) is 5.41 Å². The van der Waals surface area contributed by atoms with Crippen molar-refractivity contribution in [2.45, 2.75) is 27.7 Å². The number of carboxylic acids is 1. The Morgan fingerprint density at radius 3 is 2.42 bits per heavy atom. The van der Waals surface area contributed by atoms with Crippen molar-refractivity contribution >= 4 is 40.1 Å². The third kappa shape index (κ3) is 6.35. The number of aromatic nitrogens is 2. The topological polar surface area (TPSA) is 157 Å². The Labute approximate surface area is 231 Å². The molecular weight excluding hydrogens is 510 g/mol. The number of hydrogen-bond donors (Lipinski definition) is 4. The fourth-order valence-corrected chi connectivity index (χ4v) is 4.07. The zero-order valence-corrected chi connectivity index (χ0v) is 22.7. The summed E-state index contributed by atoms with van der Waals surface area (Å²) in [6.07, 6.45) is 1.58. The number of nitrogens with one attached hydrogen (secondary N) is 2. The molecule has 206 valence electrons. The van der Waals surface area contributed by atoms with Gasteiger partial charge < -0.3 is 26.2 Å². The first kappa shape index (κ1) is 28.0. The molecule has 0 atom stereocenters. The molecule has 2 aromatic carbocycles. The lowest BCUT2D eigenvalue weighted by atomic mass is 9.95. The summed E-state index contributed by atoms with van der Waals surface area (Å²) in [5.41, 5.74) is 6.81. The first-order chi connectivity index (χ1) is 19.0. The number of nitrogens with two attached hydrogens (primary N) is 1. The van der Waals surface area contributed by atoms with E-state index in [4.69, 9.17) is 10.5 Å². The van der Waals surface area contributed by atoms with Crippen LogP contribution in [0.2, 0.25) is 0 Å². The van der Waals surface area contributed by atoms with E-state index in [1.807, 2.05) is 20.8 Å². The van der Waals surface area contributed by atoms with Gasteiger partial charge in [-0.3, -0.25) is 9.59 Å². The summed E-state index contributed by atoms with van der Waals surface area (Å²) in [6, 6.07) is 14.5. The minimum absolute atomic E-state index is 0.0345. The van der Waals surface area contributed by atoms with Crippen molar-refractivity contribution in [3.05, 3.63) is 77.6 Å². The lowest BCUT2D eigenvalue weighted by Gasteiger charge is -2.19. The smallest absolute Gasteiger partial charge is 0.336 e. The number of amides is 2. The van der Waals surface area contributed by atoms with Gasteiger partial charge in [0.15, 0.2) is 0 Å². The van der Waals surface area contributed by atoms with E-state index in [-0.39, 0.29) is 45.1 Å². The molecular formula is C30H31N5O5. The van der Waals surface area contributed by atoms with E-state index in [1.165, 1.54) is 18.2 Å². The Morgan fingerprint density at radius 2 is 1.73 bits per heavy atom. The second kappa shape index (κ2) is 11.4. The maximum atomic E-state index is 13.5. The molecule has 0 saturated carbocycles. The Balaban J connectivity index is 1.74. The van der Waals surface area contributed by atoms with Gasteiger partial charge in [0.25, 0.3) is 11.8 Å². The van der Waals surface area contributed by atoms with Crippen molar-refractivity contribution in [3.63, 3.8) is 0 Å². The van der Waals surface area contributed by atoms with E-state index in [9.17, 15) is 19.5 Å². The van der Waals surface area contributed by atoms with Crippen LogP contribution in [0.1, 0.15) is 58.9 Å². The molecule has 0 aliphatic carbocycles. The van der Waals surface area contributed by atoms with Crippen LogP contribution in [0.15, 0.2) is 60.8 Å². The SMILES string of the molecule is CCOc1ccc(-c2ccc(C(=O)NCC(C)(C)C)cc2C(=O)O)c(C(=O)Nc2ccc3c(N)nccc3c2)n1. The number of rotatable bonds is 8. The van der Waals surface area contributed by atoms with Crippen LogP contribution in [0.4, 0.5) is 11.5 Å². The van der Waals surface area contributed by atoms with E-state index >= 15 is 0 Å². The van der Waals surface area contributed by atoms with E-state index in [1.54, 1.807) is 49.5 Å². The van der Waals surface area contributed by atoms with E-state index in [0.717, 1.165) is 10.8 Å². The lowest BCUT2D eigenvalue weighted by Crippen LogP contribution is -2.32. The van der Waals surface area contributed by atoms with Crippen LogP contribution < -0.4 is 21.1 Å². The largest absolute Gasteiger partial charge is 0.478 e. The summed E-state index contributed by atoms with van der Waals surface area (Å²) in [5.74, 6) is -1.62. The molecule has 5 N–H and O–H groups in total. The van der Waals surface area contributed by atoms with E-state index in [0.29, 0.717) is 24.7 Å². The number of fused-ring (bicyclic) bond motifs is 1. The van der Waals surface area contributed by atoms with Gasteiger partial charge in [-0.25, -0.2) is 14.8 Å². The van der Waals surface area contributed by atoms with Crippen LogP contribution in [-0.4, -0.2) is 46.0 Å². The fourth-order valence-electron chi connectivity index (χ4n) is 4.07. The molecule has 4 aromatic rings. The van der Waals surface area contributed by atoms with Crippen LogP contribution >= 0.6 is 0 Å². The monoisotopic (exact) mass is 541 g/mol. The number of pyridine rings is 2. The Bertz CT molecular complexity index is 1610. The summed E-state index contributed by atoms with van der Waals surface area (Å²) in [6.45, 7) is 8.48. The highest BCUT2D eigenvalue weighted by molar-refractivity contribution is 6.10. The number of ether oxygens (including phenoxy) is 1. The first-order valence-corrected chi connectivity index (χ1v) is 12.7. The minimum atomic E-state index is -1.25. The lowest BCUT2D eigenvalue weighted by molar-refractivity contribution is 0.0697. The molecule has 4 rings (SSSR count).